The number of ether oxygens (including phenoxy) is 1. The van der Waals surface area contributed by atoms with Gasteiger partial charge in [-0.1, -0.05) is 30.3 Å². The van der Waals surface area contributed by atoms with Gasteiger partial charge in [-0.15, -0.1) is 0 Å². The number of carbonyl (C=O) groups is 3. The lowest BCUT2D eigenvalue weighted by Gasteiger charge is -2.29. The van der Waals surface area contributed by atoms with Gasteiger partial charge in [-0.25, -0.2) is 9.59 Å². The highest BCUT2D eigenvalue weighted by Gasteiger charge is 2.34. The molecule has 3 amide bonds. The quantitative estimate of drug-likeness (QED) is 0.718. The van der Waals surface area contributed by atoms with Crippen LogP contribution in [0.1, 0.15) is 12.0 Å². The van der Waals surface area contributed by atoms with Crippen molar-refractivity contribution in [3.8, 4) is 0 Å². The molecule has 22 heavy (non-hydrogen) atoms. The molecule has 1 aliphatic rings. The highest BCUT2D eigenvalue weighted by atomic mass is 16.5. The van der Waals surface area contributed by atoms with Crippen molar-refractivity contribution in [1.82, 2.24) is 10.2 Å². The Labute approximate surface area is 128 Å². The van der Waals surface area contributed by atoms with Crippen molar-refractivity contribution in [2.45, 2.75) is 19.1 Å². The first-order chi connectivity index (χ1) is 10.5. The van der Waals surface area contributed by atoms with Crippen LogP contribution in [0.4, 0.5) is 4.79 Å². The molecular weight excluding hydrogens is 286 g/mol. The zero-order valence-corrected chi connectivity index (χ0v) is 12.5. The van der Waals surface area contributed by atoms with E-state index >= 15 is 0 Å². The third-order valence-corrected chi connectivity index (χ3v) is 3.57. The van der Waals surface area contributed by atoms with Gasteiger partial charge in [-0.2, -0.15) is 0 Å². The number of nitrogens with one attached hydrogen (secondary N) is 1. The number of hydrogen-bond donors (Lipinski definition) is 2. The maximum atomic E-state index is 11.9. The van der Waals surface area contributed by atoms with Gasteiger partial charge >= 0.3 is 12.0 Å². The Morgan fingerprint density at radius 2 is 2.09 bits per heavy atom. The third kappa shape index (κ3) is 4.05. The molecule has 1 heterocycles. The van der Waals surface area contributed by atoms with Crippen molar-refractivity contribution >= 4 is 17.9 Å². The largest absolute Gasteiger partial charge is 0.456 e. The molecule has 1 aromatic rings. The third-order valence-electron chi connectivity index (χ3n) is 3.57. The highest BCUT2D eigenvalue weighted by molar-refractivity contribution is 5.98. The molecule has 1 saturated heterocycles. The number of nitrogens with zero attached hydrogens (tertiary/aromatic N) is 1. The van der Waals surface area contributed by atoms with Crippen LogP contribution in [0.15, 0.2) is 30.3 Å². The minimum Gasteiger partial charge on any atom is -0.456 e. The van der Waals surface area contributed by atoms with Gasteiger partial charge in [0.05, 0.1) is 5.92 Å². The Morgan fingerprint density at radius 3 is 2.77 bits per heavy atom. The zero-order valence-electron chi connectivity index (χ0n) is 12.5. The fraction of sp³-hybridized carbons (Fsp3) is 0.400. The SMILES string of the molecule is CN1CC(C[C@H]([NH3+])C(=O)OCc2ccccc2)C(=O)NC1=O. The van der Waals surface area contributed by atoms with Crippen LogP contribution in [0.2, 0.25) is 0 Å². The molecule has 0 radical (unpaired) electrons. The maximum Gasteiger partial charge on any atom is 0.365 e. The molecule has 0 spiro atoms. The Hall–Kier alpha value is -2.41. The first kappa shape index (κ1) is 16.0. The van der Waals surface area contributed by atoms with E-state index in [4.69, 9.17) is 4.74 Å². The molecule has 2 atom stereocenters. The van der Waals surface area contributed by atoms with Crippen LogP contribution >= 0.6 is 0 Å². The van der Waals surface area contributed by atoms with Gasteiger partial charge < -0.3 is 15.4 Å². The van der Waals surface area contributed by atoms with Gasteiger partial charge in [0, 0.05) is 20.0 Å². The van der Waals surface area contributed by atoms with Gasteiger partial charge in [0.25, 0.3) is 0 Å². The van der Waals surface area contributed by atoms with E-state index in [9.17, 15) is 14.4 Å². The summed E-state index contributed by atoms with van der Waals surface area (Å²) in [5, 5.41) is 2.25. The highest BCUT2D eigenvalue weighted by Crippen LogP contribution is 2.13. The van der Waals surface area contributed by atoms with Crippen LogP contribution in [0, 0.1) is 5.92 Å². The van der Waals surface area contributed by atoms with Crippen molar-refractivity contribution in [1.29, 1.82) is 0 Å². The number of urea groups is 1. The standard InChI is InChI=1S/C15H19N3O4/c1-18-8-11(13(19)17-15(18)21)7-12(16)14(20)22-9-10-5-3-2-4-6-10/h2-6,11-12H,7-9,16H2,1H3,(H,17,19,21)/p+1/t11?,12-/m0/s1. The normalized spacial score (nSPS) is 19.5. The van der Waals surface area contributed by atoms with Crippen LogP contribution < -0.4 is 11.1 Å². The number of rotatable bonds is 5. The van der Waals surface area contributed by atoms with Gasteiger partial charge in [-0.3, -0.25) is 10.1 Å². The van der Waals surface area contributed by atoms with E-state index in [1.165, 1.54) is 4.90 Å². The average molecular weight is 306 g/mol. The number of esters is 1. The molecule has 118 valence electrons. The van der Waals surface area contributed by atoms with Crippen LogP contribution in [0.3, 0.4) is 0 Å². The summed E-state index contributed by atoms with van der Waals surface area (Å²) < 4.78 is 5.20. The molecule has 1 fully saturated rings. The molecule has 0 bridgehead atoms. The summed E-state index contributed by atoms with van der Waals surface area (Å²) in [5.41, 5.74) is 4.66. The monoisotopic (exact) mass is 306 g/mol. The summed E-state index contributed by atoms with van der Waals surface area (Å²) in [7, 11) is 1.60. The van der Waals surface area contributed by atoms with Crippen LogP contribution in [-0.4, -0.2) is 42.4 Å². The predicted octanol–water partition coefficient (Wildman–Crippen LogP) is -0.472. The van der Waals surface area contributed by atoms with Crippen molar-refractivity contribution < 1.29 is 24.9 Å². The lowest BCUT2D eigenvalue weighted by Crippen LogP contribution is -2.67. The summed E-state index contributed by atoms with van der Waals surface area (Å²) in [4.78, 5) is 36.4. The Balaban J connectivity index is 1.83. The van der Waals surface area contributed by atoms with Crippen molar-refractivity contribution in [3.05, 3.63) is 35.9 Å². The van der Waals surface area contributed by atoms with Crippen LogP contribution in [0.5, 0.6) is 0 Å². The van der Waals surface area contributed by atoms with E-state index in [-0.39, 0.29) is 25.5 Å². The minimum atomic E-state index is -0.652. The van der Waals surface area contributed by atoms with Crippen LogP contribution in [-0.2, 0) is 20.9 Å². The van der Waals surface area contributed by atoms with Gasteiger partial charge in [0.2, 0.25) is 5.91 Å². The molecule has 1 aromatic carbocycles. The van der Waals surface area contributed by atoms with E-state index in [0.717, 1.165) is 5.56 Å². The lowest BCUT2D eigenvalue weighted by atomic mass is 9.97. The molecule has 7 heteroatoms. The Kier molecular flexibility index (Phi) is 5.11. The number of amides is 3. The summed E-state index contributed by atoms with van der Waals surface area (Å²) in [6.45, 7) is 0.462. The summed E-state index contributed by atoms with van der Waals surface area (Å²) in [6.07, 6.45) is 0.247. The van der Waals surface area contributed by atoms with Gasteiger partial charge in [0.1, 0.15) is 6.61 Å². The minimum absolute atomic E-state index is 0.181. The molecule has 7 nitrogen and oxygen atoms in total. The first-order valence-electron chi connectivity index (χ1n) is 7.07. The first-order valence-corrected chi connectivity index (χ1v) is 7.07. The summed E-state index contributed by atoms with van der Waals surface area (Å²) in [5.74, 6) is -1.27. The summed E-state index contributed by atoms with van der Waals surface area (Å²) in [6, 6.07) is 8.26. The Morgan fingerprint density at radius 1 is 1.41 bits per heavy atom. The number of carbonyl (C=O) groups excluding carboxylic acids is 3. The van der Waals surface area contributed by atoms with Crippen molar-refractivity contribution in [2.24, 2.45) is 5.92 Å². The zero-order chi connectivity index (χ0) is 16.1. The fourth-order valence-electron chi connectivity index (χ4n) is 2.27. The predicted molar refractivity (Wildman–Crippen MR) is 77.2 cm³/mol. The maximum absolute atomic E-state index is 11.9. The van der Waals surface area contributed by atoms with E-state index in [0.29, 0.717) is 0 Å². The van der Waals surface area contributed by atoms with E-state index in [1.807, 2.05) is 30.3 Å². The number of quaternary nitrogens is 1. The number of hydrogen-bond acceptors (Lipinski definition) is 4. The van der Waals surface area contributed by atoms with Gasteiger partial charge in [-0.05, 0) is 5.56 Å². The molecular formula is C15H20N3O4+. The summed E-state index contributed by atoms with van der Waals surface area (Å²) >= 11 is 0. The molecule has 0 aromatic heterocycles. The molecule has 1 aliphatic heterocycles. The second-order valence-electron chi connectivity index (χ2n) is 5.40. The molecule has 4 N–H and O–H groups in total. The van der Waals surface area contributed by atoms with E-state index in [2.05, 4.69) is 11.1 Å². The topological polar surface area (TPSA) is 103 Å². The van der Waals surface area contributed by atoms with E-state index < -0.39 is 24.0 Å². The van der Waals surface area contributed by atoms with Crippen LogP contribution in [0.25, 0.3) is 0 Å². The smallest absolute Gasteiger partial charge is 0.365 e. The Bertz CT molecular complexity index is 561. The second kappa shape index (κ2) is 7.04. The van der Waals surface area contributed by atoms with Crippen molar-refractivity contribution in [3.63, 3.8) is 0 Å². The molecule has 2 rings (SSSR count). The molecule has 1 unspecified atom stereocenters. The lowest BCUT2D eigenvalue weighted by molar-refractivity contribution is -0.411. The second-order valence-corrected chi connectivity index (χ2v) is 5.40. The molecule has 0 aliphatic carbocycles. The fourth-order valence-corrected chi connectivity index (χ4v) is 2.27. The van der Waals surface area contributed by atoms with Crippen molar-refractivity contribution in [2.75, 3.05) is 13.6 Å². The van der Waals surface area contributed by atoms with E-state index in [1.54, 1.807) is 7.05 Å². The average Bonchev–Trinajstić information content (AvgIpc) is 2.51. The molecule has 0 saturated carbocycles. The number of benzene rings is 1. The van der Waals surface area contributed by atoms with Gasteiger partial charge in [0.15, 0.2) is 6.04 Å². The number of imide groups is 1.